The van der Waals surface area contributed by atoms with E-state index in [2.05, 4.69) is 15.0 Å². The highest BCUT2D eigenvalue weighted by Gasteiger charge is 2.11. The second-order valence-corrected chi connectivity index (χ2v) is 5.61. The van der Waals surface area contributed by atoms with Gasteiger partial charge in [0.25, 0.3) is 0 Å². The first-order chi connectivity index (χ1) is 12.3. The van der Waals surface area contributed by atoms with Crippen LogP contribution in [0.25, 0.3) is 33.4 Å². The van der Waals surface area contributed by atoms with Crippen molar-refractivity contribution in [1.82, 2.24) is 15.0 Å². The van der Waals surface area contributed by atoms with E-state index in [0.717, 1.165) is 33.3 Å². The molecule has 4 rings (SSSR count). The van der Waals surface area contributed by atoms with Gasteiger partial charge in [0, 0.05) is 28.9 Å². The summed E-state index contributed by atoms with van der Waals surface area (Å²) in [5, 5.41) is 0.816. The van der Waals surface area contributed by atoms with Gasteiger partial charge in [0.05, 0.1) is 12.6 Å². The minimum absolute atomic E-state index is 0.445. The van der Waals surface area contributed by atoms with Gasteiger partial charge in [0.15, 0.2) is 5.82 Å². The van der Waals surface area contributed by atoms with E-state index in [1.807, 2.05) is 54.6 Å². The maximum Gasteiger partial charge on any atom is 0.163 e. The van der Waals surface area contributed by atoms with Crippen molar-refractivity contribution in [3.05, 3.63) is 67.0 Å². The molecule has 2 heterocycles. The van der Waals surface area contributed by atoms with Crippen LogP contribution in [-0.4, -0.2) is 22.1 Å². The molecular weight excluding hydrogens is 312 g/mol. The number of nitrogens with zero attached hydrogens (tertiary/aromatic N) is 3. The number of anilines is 1. The van der Waals surface area contributed by atoms with Crippen molar-refractivity contribution in [3.8, 4) is 28.3 Å². The van der Waals surface area contributed by atoms with Crippen LogP contribution in [0.1, 0.15) is 0 Å². The van der Waals surface area contributed by atoms with E-state index < -0.39 is 0 Å². The predicted octanol–water partition coefficient (Wildman–Crippen LogP) is 3.95. The van der Waals surface area contributed by atoms with E-state index in [-0.39, 0.29) is 0 Å². The van der Waals surface area contributed by atoms with Gasteiger partial charge in [-0.2, -0.15) is 0 Å². The molecule has 2 aromatic heterocycles. The Labute approximate surface area is 145 Å². The van der Waals surface area contributed by atoms with Gasteiger partial charge >= 0.3 is 0 Å². The van der Waals surface area contributed by atoms with Crippen LogP contribution in [0, 0.1) is 0 Å². The summed E-state index contributed by atoms with van der Waals surface area (Å²) in [6, 6.07) is 17.6. The van der Waals surface area contributed by atoms with E-state index in [1.165, 1.54) is 0 Å². The molecule has 0 aliphatic rings. The van der Waals surface area contributed by atoms with Crippen LogP contribution in [0.3, 0.4) is 0 Å². The van der Waals surface area contributed by atoms with E-state index in [1.54, 1.807) is 19.5 Å². The lowest BCUT2D eigenvalue weighted by Gasteiger charge is -2.10. The number of hydrogen-bond donors (Lipinski definition) is 1. The lowest BCUT2D eigenvalue weighted by atomic mass is 10.0. The summed E-state index contributed by atoms with van der Waals surface area (Å²) in [6.07, 6.45) is 3.44. The number of rotatable bonds is 3. The summed E-state index contributed by atoms with van der Waals surface area (Å²) in [7, 11) is 1.66. The largest absolute Gasteiger partial charge is 0.496 e. The molecule has 0 unspecified atom stereocenters. The smallest absolute Gasteiger partial charge is 0.163 e. The molecule has 4 aromatic rings. The van der Waals surface area contributed by atoms with E-state index >= 15 is 0 Å². The van der Waals surface area contributed by atoms with Crippen molar-refractivity contribution >= 4 is 16.7 Å². The first-order valence-corrected chi connectivity index (χ1v) is 7.87. The van der Waals surface area contributed by atoms with Crippen LogP contribution < -0.4 is 10.5 Å². The van der Waals surface area contributed by atoms with Crippen molar-refractivity contribution in [2.24, 2.45) is 0 Å². The zero-order valence-corrected chi connectivity index (χ0v) is 13.7. The zero-order chi connectivity index (χ0) is 17.2. The van der Waals surface area contributed by atoms with E-state index in [4.69, 9.17) is 10.5 Å². The molecule has 5 nitrogen and oxygen atoms in total. The lowest BCUT2D eigenvalue weighted by molar-refractivity contribution is 0.416. The van der Waals surface area contributed by atoms with Gasteiger partial charge in [-0.05, 0) is 35.9 Å². The molecular formula is C20H16N4O. The Balaban J connectivity index is 1.86. The number of benzene rings is 2. The monoisotopic (exact) mass is 328 g/mol. The fraction of sp³-hybridized carbons (Fsp3) is 0.0500. The number of aromatic nitrogens is 3. The Hall–Kier alpha value is -3.47. The van der Waals surface area contributed by atoms with Crippen molar-refractivity contribution in [2.45, 2.75) is 0 Å². The van der Waals surface area contributed by atoms with Crippen LogP contribution in [0.2, 0.25) is 0 Å². The van der Waals surface area contributed by atoms with Crippen molar-refractivity contribution in [2.75, 3.05) is 12.8 Å². The molecule has 0 spiro atoms. The van der Waals surface area contributed by atoms with Gasteiger partial charge in [0.2, 0.25) is 0 Å². The number of nitrogens with two attached hydrogens (primary N) is 1. The number of hydrogen-bond acceptors (Lipinski definition) is 5. The van der Waals surface area contributed by atoms with Gasteiger partial charge in [-0.15, -0.1) is 0 Å². The minimum Gasteiger partial charge on any atom is -0.496 e. The number of fused-ring (bicyclic) bond motifs is 1. The van der Waals surface area contributed by atoms with Gasteiger partial charge < -0.3 is 10.5 Å². The number of nitrogen functional groups attached to an aromatic ring is 1. The number of ether oxygens (including phenoxy) is 1. The van der Waals surface area contributed by atoms with Crippen LogP contribution in [0.4, 0.5) is 5.82 Å². The van der Waals surface area contributed by atoms with Crippen molar-refractivity contribution in [3.63, 3.8) is 0 Å². The average Bonchev–Trinajstić information content (AvgIpc) is 2.68. The molecule has 122 valence electrons. The Morgan fingerprint density at radius 1 is 0.920 bits per heavy atom. The molecule has 0 fully saturated rings. The summed E-state index contributed by atoms with van der Waals surface area (Å²) < 4.78 is 5.45. The third kappa shape index (κ3) is 2.76. The number of pyridine rings is 1. The van der Waals surface area contributed by atoms with Gasteiger partial charge in [-0.3, -0.25) is 4.98 Å². The molecule has 0 aliphatic carbocycles. The molecule has 0 amide bonds. The normalized spacial score (nSPS) is 10.8. The van der Waals surface area contributed by atoms with Crippen LogP contribution in [0.5, 0.6) is 5.75 Å². The van der Waals surface area contributed by atoms with Gasteiger partial charge in [-0.1, -0.05) is 24.3 Å². The Morgan fingerprint density at radius 2 is 1.80 bits per heavy atom. The molecule has 25 heavy (non-hydrogen) atoms. The van der Waals surface area contributed by atoms with Gasteiger partial charge in [-0.25, -0.2) is 9.97 Å². The summed E-state index contributed by atoms with van der Waals surface area (Å²) in [4.78, 5) is 13.2. The standard InChI is InChI=1S/C20H16N4O/c1-25-18-7-3-2-6-15(18)13-8-9-17-16(11-13)19(21)24-20(23-17)14-5-4-10-22-12-14/h2-12H,1H3,(H2,21,23,24). The molecule has 0 saturated heterocycles. The van der Waals surface area contributed by atoms with Crippen LogP contribution in [0.15, 0.2) is 67.0 Å². The highest BCUT2D eigenvalue weighted by atomic mass is 16.5. The maximum absolute atomic E-state index is 6.21. The molecule has 0 aliphatic heterocycles. The lowest BCUT2D eigenvalue weighted by Crippen LogP contribution is -1.98. The van der Waals surface area contributed by atoms with Crippen molar-refractivity contribution in [1.29, 1.82) is 0 Å². The Morgan fingerprint density at radius 3 is 2.60 bits per heavy atom. The third-order valence-corrected chi connectivity index (χ3v) is 4.06. The maximum atomic E-state index is 6.21. The highest BCUT2D eigenvalue weighted by Crippen LogP contribution is 2.33. The number of para-hydroxylation sites is 1. The first-order valence-electron chi connectivity index (χ1n) is 7.87. The minimum atomic E-state index is 0.445. The molecule has 0 radical (unpaired) electrons. The highest BCUT2D eigenvalue weighted by molar-refractivity contribution is 5.93. The second-order valence-electron chi connectivity index (χ2n) is 5.61. The van der Waals surface area contributed by atoms with Crippen molar-refractivity contribution < 1.29 is 4.74 Å². The number of methoxy groups -OCH3 is 1. The van der Waals surface area contributed by atoms with E-state index in [9.17, 15) is 0 Å². The topological polar surface area (TPSA) is 73.9 Å². The van der Waals surface area contributed by atoms with Gasteiger partial charge in [0.1, 0.15) is 11.6 Å². The average molecular weight is 328 g/mol. The summed E-state index contributed by atoms with van der Waals surface area (Å²) in [6.45, 7) is 0. The Kier molecular flexibility index (Phi) is 3.74. The fourth-order valence-electron chi connectivity index (χ4n) is 2.83. The molecule has 0 bridgehead atoms. The summed E-state index contributed by atoms with van der Waals surface area (Å²) in [5.74, 6) is 1.83. The first kappa shape index (κ1) is 15.1. The zero-order valence-electron chi connectivity index (χ0n) is 13.7. The quantitative estimate of drug-likeness (QED) is 0.616. The summed E-state index contributed by atoms with van der Waals surface area (Å²) in [5.41, 5.74) is 9.85. The molecule has 0 saturated carbocycles. The van der Waals surface area contributed by atoms with Crippen LogP contribution in [-0.2, 0) is 0 Å². The molecule has 2 N–H and O–H groups in total. The Bertz CT molecular complexity index is 1050. The summed E-state index contributed by atoms with van der Waals surface area (Å²) >= 11 is 0. The molecule has 2 aromatic carbocycles. The van der Waals surface area contributed by atoms with E-state index in [0.29, 0.717) is 11.6 Å². The molecule has 0 atom stereocenters. The second kappa shape index (κ2) is 6.20. The molecule has 5 heteroatoms. The SMILES string of the molecule is COc1ccccc1-c1ccc2nc(-c3cccnc3)nc(N)c2c1. The van der Waals surface area contributed by atoms with Crippen LogP contribution >= 0.6 is 0 Å². The fourth-order valence-corrected chi connectivity index (χ4v) is 2.83. The predicted molar refractivity (Wildman–Crippen MR) is 99.2 cm³/mol. The third-order valence-electron chi connectivity index (χ3n) is 4.06.